The summed E-state index contributed by atoms with van der Waals surface area (Å²) in [4.78, 5) is 12.3. The van der Waals surface area contributed by atoms with Gasteiger partial charge in [0.25, 0.3) is 0 Å². The lowest BCUT2D eigenvalue weighted by Crippen LogP contribution is -2.92. The number of rotatable bonds is 4. The van der Waals surface area contributed by atoms with Crippen molar-refractivity contribution in [2.45, 2.75) is 39.0 Å². The molecule has 1 saturated heterocycles. The molecule has 2 aromatic carbocycles. The number of nitrogens with two attached hydrogens (primary N) is 1. The zero-order valence-corrected chi connectivity index (χ0v) is 13.7. The zero-order chi connectivity index (χ0) is 16.2. The van der Waals surface area contributed by atoms with Gasteiger partial charge in [0.05, 0.1) is 11.7 Å². The molecule has 4 heteroatoms. The first-order chi connectivity index (χ1) is 11.2. The van der Waals surface area contributed by atoms with Crippen molar-refractivity contribution in [2.75, 3.05) is 5.01 Å². The number of anilines is 1. The summed E-state index contributed by atoms with van der Waals surface area (Å²) in [5, 5.41) is 6.30. The molecular weight excluding hydrogens is 286 g/mol. The Balaban J connectivity index is 1.77. The van der Waals surface area contributed by atoms with Gasteiger partial charge in [-0.3, -0.25) is 9.80 Å². The molecule has 0 aliphatic carbocycles. The molecule has 2 N–H and O–H groups in total. The van der Waals surface area contributed by atoms with Crippen molar-refractivity contribution in [3.63, 3.8) is 0 Å². The summed E-state index contributed by atoms with van der Waals surface area (Å²) < 4.78 is 0. The van der Waals surface area contributed by atoms with Crippen molar-refractivity contribution in [1.82, 2.24) is 5.01 Å². The van der Waals surface area contributed by atoms with E-state index in [4.69, 9.17) is 0 Å². The summed E-state index contributed by atoms with van der Waals surface area (Å²) in [7, 11) is 0. The summed E-state index contributed by atoms with van der Waals surface area (Å²) in [5.74, 6) is 0.0903. The van der Waals surface area contributed by atoms with Crippen LogP contribution in [0, 0.1) is 0 Å². The molecule has 0 unspecified atom stereocenters. The van der Waals surface area contributed by atoms with Gasteiger partial charge in [-0.2, -0.15) is 5.01 Å². The maximum absolute atomic E-state index is 12.3. The lowest BCUT2D eigenvalue weighted by Gasteiger charge is -2.33. The average Bonchev–Trinajstić information content (AvgIpc) is 2.91. The van der Waals surface area contributed by atoms with Gasteiger partial charge in [0.1, 0.15) is 6.54 Å². The molecule has 4 nitrogen and oxygen atoms in total. The number of quaternary nitrogens is 1. The Morgan fingerprint density at radius 1 is 1.09 bits per heavy atom. The molecule has 3 rings (SSSR count). The molecule has 0 saturated carbocycles. The number of nitrogens with zero attached hydrogens (tertiary/aromatic N) is 2. The molecule has 23 heavy (non-hydrogen) atoms. The van der Waals surface area contributed by atoms with Crippen molar-refractivity contribution in [3.8, 4) is 0 Å². The number of carbonyl (C=O) groups excluding carboxylic acids is 1. The number of hydrazine groups is 1. The van der Waals surface area contributed by atoms with Crippen molar-refractivity contribution in [1.29, 1.82) is 0 Å². The van der Waals surface area contributed by atoms with E-state index in [1.54, 1.807) is 6.92 Å². The summed E-state index contributed by atoms with van der Waals surface area (Å²) in [5.41, 5.74) is 2.35. The Morgan fingerprint density at radius 3 is 2.30 bits per heavy atom. The lowest BCUT2D eigenvalue weighted by molar-refractivity contribution is -0.718. The van der Waals surface area contributed by atoms with Crippen molar-refractivity contribution >= 4 is 11.6 Å². The Morgan fingerprint density at radius 2 is 1.70 bits per heavy atom. The van der Waals surface area contributed by atoms with E-state index >= 15 is 0 Å². The smallest absolute Gasteiger partial charge is 0.242 e. The van der Waals surface area contributed by atoms with Crippen molar-refractivity contribution in [2.24, 2.45) is 0 Å². The van der Waals surface area contributed by atoms with E-state index in [0.717, 1.165) is 18.7 Å². The summed E-state index contributed by atoms with van der Waals surface area (Å²) in [6.45, 7) is 4.71. The maximum Gasteiger partial charge on any atom is 0.242 e. The predicted octanol–water partition coefficient (Wildman–Crippen LogP) is 2.14. The largest absolute Gasteiger partial charge is 0.321 e. The molecule has 1 amide bonds. The van der Waals surface area contributed by atoms with Crippen LogP contribution >= 0.6 is 0 Å². The van der Waals surface area contributed by atoms with Crippen LogP contribution in [0.1, 0.15) is 25.8 Å². The SMILES string of the molecule is CC(=O)N1[C@@H]([NH2+]Cc2ccccc2)C[C@H](C)N1c1ccccc1. The topological polar surface area (TPSA) is 40.2 Å². The predicted molar refractivity (Wildman–Crippen MR) is 91.4 cm³/mol. The van der Waals surface area contributed by atoms with Crippen LogP contribution in [0.4, 0.5) is 5.69 Å². The molecule has 0 radical (unpaired) electrons. The van der Waals surface area contributed by atoms with E-state index < -0.39 is 0 Å². The Bertz CT molecular complexity index is 644. The van der Waals surface area contributed by atoms with E-state index in [2.05, 4.69) is 53.6 Å². The molecule has 2 aromatic rings. The highest BCUT2D eigenvalue weighted by atomic mass is 16.2. The van der Waals surface area contributed by atoms with Gasteiger partial charge in [-0.15, -0.1) is 0 Å². The number of hydrogen-bond acceptors (Lipinski definition) is 2. The summed E-state index contributed by atoms with van der Waals surface area (Å²) in [6, 6.07) is 20.9. The van der Waals surface area contributed by atoms with Gasteiger partial charge in [0.2, 0.25) is 5.91 Å². The highest BCUT2D eigenvalue weighted by Gasteiger charge is 2.41. The molecule has 0 bridgehead atoms. The van der Waals surface area contributed by atoms with E-state index in [-0.39, 0.29) is 12.1 Å². The fourth-order valence-electron chi connectivity index (χ4n) is 3.35. The first-order valence-corrected chi connectivity index (χ1v) is 8.18. The Kier molecular flexibility index (Phi) is 4.63. The summed E-state index contributed by atoms with van der Waals surface area (Å²) in [6.07, 6.45) is 1.10. The fraction of sp³-hybridized carbons (Fsp3) is 0.316. The quantitative estimate of drug-likeness (QED) is 0.940. The normalized spacial score (nSPS) is 20.8. The molecule has 1 fully saturated rings. The van der Waals surface area contributed by atoms with Crippen LogP contribution < -0.4 is 10.3 Å². The van der Waals surface area contributed by atoms with E-state index in [9.17, 15) is 4.79 Å². The average molecular weight is 310 g/mol. The minimum absolute atomic E-state index is 0.0903. The molecule has 1 aliphatic heterocycles. The Labute approximate surface area is 137 Å². The highest BCUT2D eigenvalue weighted by Crippen LogP contribution is 2.28. The zero-order valence-electron chi connectivity index (χ0n) is 13.7. The fourth-order valence-corrected chi connectivity index (χ4v) is 3.35. The Hall–Kier alpha value is -2.33. The van der Waals surface area contributed by atoms with Gasteiger partial charge in [-0.05, 0) is 19.1 Å². The van der Waals surface area contributed by atoms with E-state index in [0.29, 0.717) is 6.04 Å². The van der Waals surface area contributed by atoms with Gasteiger partial charge in [0, 0.05) is 18.9 Å². The number of para-hydroxylation sites is 1. The molecule has 1 heterocycles. The number of benzene rings is 2. The maximum atomic E-state index is 12.3. The standard InChI is InChI=1S/C19H23N3O/c1-15-13-19(20-14-17-9-5-3-6-10-17)22(16(2)23)21(15)18-11-7-4-8-12-18/h3-12,15,19-20H,13-14H2,1-2H3/p+1/t15-,19+/m0/s1. The second kappa shape index (κ2) is 6.84. The van der Waals surface area contributed by atoms with E-state index in [1.165, 1.54) is 5.56 Å². The van der Waals surface area contributed by atoms with Crippen LogP contribution in [0.25, 0.3) is 0 Å². The molecule has 120 valence electrons. The van der Waals surface area contributed by atoms with Crippen LogP contribution in [0.5, 0.6) is 0 Å². The first kappa shape index (κ1) is 15.6. The highest BCUT2D eigenvalue weighted by molar-refractivity contribution is 5.76. The van der Waals surface area contributed by atoms with Gasteiger partial charge >= 0.3 is 0 Å². The number of hydrogen-bond donors (Lipinski definition) is 1. The first-order valence-electron chi connectivity index (χ1n) is 8.18. The van der Waals surface area contributed by atoms with Crippen molar-refractivity contribution in [3.05, 3.63) is 66.2 Å². The van der Waals surface area contributed by atoms with Crippen LogP contribution in [-0.2, 0) is 11.3 Å². The third-order valence-electron chi connectivity index (χ3n) is 4.36. The molecule has 0 spiro atoms. The van der Waals surface area contributed by atoms with Crippen molar-refractivity contribution < 1.29 is 10.1 Å². The number of amides is 1. The van der Waals surface area contributed by atoms with E-state index in [1.807, 2.05) is 29.3 Å². The molecule has 1 aliphatic rings. The summed E-state index contributed by atoms with van der Waals surface area (Å²) >= 11 is 0. The monoisotopic (exact) mass is 310 g/mol. The lowest BCUT2D eigenvalue weighted by atomic mass is 10.2. The van der Waals surface area contributed by atoms with Crippen LogP contribution in [0.15, 0.2) is 60.7 Å². The molecule has 2 atom stereocenters. The van der Waals surface area contributed by atoms with Gasteiger partial charge in [-0.1, -0.05) is 48.5 Å². The number of carbonyl (C=O) groups is 1. The molecule has 0 aromatic heterocycles. The van der Waals surface area contributed by atoms with Gasteiger partial charge < -0.3 is 5.32 Å². The minimum Gasteiger partial charge on any atom is -0.321 e. The van der Waals surface area contributed by atoms with Crippen LogP contribution in [0.3, 0.4) is 0 Å². The van der Waals surface area contributed by atoms with Crippen LogP contribution in [0.2, 0.25) is 0 Å². The van der Waals surface area contributed by atoms with Gasteiger partial charge in [0.15, 0.2) is 6.17 Å². The third-order valence-corrected chi connectivity index (χ3v) is 4.36. The third kappa shape index (κ3) is 3.37. The molecular formula is C19H24N3O+. The van der Waals surface area contributed by atoms with Gasteiger partial charge in [-0.25, -0.2) is 0 Å². The minimum atomic E-state index is 0.0903. The second-order valence-corrected chi connectivity index (χ2v) is 6.12. The van der Waals surface area contributed by atoms with Crippen LogP contribution in [-0.4, -0.2) is 23.1 Å². The second-order valence-electron chi connectivity index (χ2n) is 6.12.